The van der Waals surface area contributed by atoms with Gasteiger partial charge in [-0.15, -0.1) is 0 Å². The van der Waals surface area contributed by atoms with Crippen molar-refractivity contribution in [2.75, 3.05) is 0 Å². The molecule has 2 heteroatoms. The highest BCUT2D eigenvalue weighted by atomic mass is 16.2. The van der Waals surface area contributed by atoms with Crippen LogP contribution < -0.4 is 0 Å². The number of allylic oxidation sites excluding steroid dienone is 4. The van der Waals surface area contributed by atoms with Crippen molar-refractivity contribution in [2.45, 2.75) is 6.42 Å². The van der Waals surface area contributed by atoms with Gasteiger partial charge in [-0.05, 0) is 30.1 Å². The maximum absolute atomic E-state index is 11.8. The molecule has 2 saturated carbocycles. The zero-order chi connectivity index (χ0) is 10.2. The molecule has 76 valence electrons. The van der Waals surface area contributed by atoms with Crippen LogP contribution in [0.15, 0.2) is 24.3 Å². The molecule has 0 aromatic rings. The van der Waals surface area contributed by atoms with E-state index in [-0.39, 0.29) is 23.4 Å². The summed E-state index contributed by atoms with van der Waals surface area (Å²) in [6, 6.07) is 0. The fourth-order valence-electron chi connectivity index (χ4n) is 4.26. The number of Topliss-reactive ketones (excluding diaryl/α,β-unsaturated/α-hetero) is 2. The molecule has 2 fully saturated rings. The van der Waals surface area contributed by atoms with E-state index < -0.39 is 0 Å². The summed E-state index contributed by atoms with van der Waals surface area (Å²) in [5, 5.41) is 0. The van der Waals surface area contributed by atoms with E-state index in [0.29, 0.717) is 23.7 Å². The second-order valence-corrected chi connectivity index (χ2v) is 5.27. The van der Waals surface area contributed by atoms with Crippen molar-refractivity contribution in [2.24, 2.45) is 35.5 Å². The topological polar surface area (TPSA) is 34.1 Å². The van der Waals surface area contributed by atoms with Gasteiger partial charge in [-0.25, -0.2) is 0 Å². The van der Waals surface area contributed by atoms with Gasteiger partial charge in [0.05, 0.1) is 0 Å². The predicted molar refractivity (Wildman–Crippen MR) is 53.9 cm³/mol. The summed E-state index contributed by atoms with van der Waals surface area (Å²) >= 11 is 0. The largest absolute Gasteiger partial charge is 0.290 e. The summed E-state index contributed by atoms with van der Waals surface area (Å²) in [7, 11) is 0. The lowest BCUT2D eigenvalue weighted by Crippen LogP contribution is -2.50. The highest BCUT2D eigenvalue weighted by Crippen LogP contribution is 2.58. The zero-order valence-corrected chi connectivity index (χ0v) is 8.30. The zero-order valence-electron chi connectivity index (χ0n) is 8.30. The second kappa shape index (κ2) is 2.31. The molecule has 2 nitrogen and oxygen atoms in total. The van der Waals surface area contributed by atoms with Crippen LogP contribution in [0.25, 0.3) is 0 Å². The molecule has 0 spiro atoms. The smallest absolute Gasteiger partial charge is 0.206 e. The van der Waals surface area contributed by atoms with Crippen LogP contribution in [0.4, 0.5) is 0 Å². The first-order valence-corrected chi connectivity index (χ1v) is 5.72. The third-order valence-corrected chi connectivity index (χ3v) is 4.79. The van der Waals surface area contributed by atoms with E-state index in [1.807, 2.05) is 12.2 Å². The summed E-state index contributed by atoms with van der Waals surface area (Å²) < 4.78 is 0. The van der Waals surface area contributed by atoms with Gasteiger partial charge in [-0.2, -0.15) is 0 Å². The van der Waals surface area contributed by atoms with E-state index in [1.165, 1.54) is 6.42 Å². The molecule has 0 aliphatic heterocycles. The lowest BCUT2D eigenvalue weighted by molar-refractivity contribution is -0.147. The van der Waals surface area contributed by atoms with Crippen LogP contribution in [0.2, 0.25) is 0 Å². The maximum atomic E-state index is 11.8. The lowest BCUT2D eigenvalue weighted by atomic mass is 9.58. The fourth-order valence-corrected chi connectivity index (χ4v) is 4.26. The third kappa shape index (κ3) is 0.747. The van der Waals surface area contributed by atoms with Crippen molar-refractivity contribution < 1.29 is 9.59 Å². The first kappa shape index (κ1) is 8.03. The number of hydrogen-bond donors (Lipinski definition) is 0. The van der Waals surface area contributed by atoms with Gasteiger partial charge in [0.2, 0.25) is 11.6 Å². The highest BCUT2D eigenvalue weighted by Gasteiger charge is 2.59. The number of carbonyl (C=O) groups excluding carboxylic acids is 2. The van der Waals surface area contributed by atoms with E-state index in [2.05, 4.69) is 12.2 Å². The van der Waals surface area contributed by atoms with Crippen LogP contribution in [0.3, 0.4) is 0 Å². The van der Waals surface area contributed by atoms with Crippen molar-refractivity contribution in [3.8, 4) is 0 Å². The summed E-state index contributed by atoms with van der Waals surface area (Å²) in [6.45, 7) is 0. The van der Waals surface area contributed by atoms with Crippen molar-refractivity contribution in [3.63, 3.8) is 0 Å². The SMILES string of the molecule is O=C1C(=O)[C@@H]2C=C[C@H]1C1C2[C@H]2C=C[C@@H]1C2. The summed E-state index contributed by atoms with van der Waals surface area (Å²) in [6.07, 6.45) is 9.68. The summed E-state index contributed by atoms with van der Waals surface area (Å²) in [5.41, 5.74) is 0. The minimum Gasteiger partial charge on any atom is -0.290 e. The molecule has 2 unspecified atom stereocenters. The summed E-state index contributed by atoms with van der Waals surface area (Å²) in [4.78, 5) is 23.6. The Kier molecular flexibility index (Phi) is 1.24. The second-order valence-electron chi connectivity index (χ2n) is 5.27. The van der Waals surface area contributed by atoms with Gasteiger partial charge >= 0.3 is 0 Å². The molecule has 0 radical (unpaired) electrons. The number of fused-ring (bicyclic) bond motifs is 3. The van der Waals surface area contributed by atoms with Crippen LogP contribution in [0.1, 0.15) is 6.42 Å². The van der Waals surface area contributed by atoms with Crippen LogP contribution in [0.5, 0.6) is 0 Å². The van der Waals surface area contributed by atoms with Gasteiger partial charge in [0, 0.05) is 11.8 Å². The molecule has 0 aromatic heterocycles. The molecular formula is C13H12O2. The average molecular weight is 200 g/mol. The van der Waals surface area contributed by atoms with Crippen LogP contribution in [0, 0.1) is 35.5 Å². The molecule has 5 aliphatic rings. The molecule has 0 amide bonds. The van der Waals surface area contributed by atoms with Gasteiger partial charge < -0.3 is 0 Å². The number of rotatable bonds is 0. The molecular weight excluding hydrogens is 188 g/mol. The minimum atomic E-state index is -0.121. The van der Waals surface area contributed by atoms with Crippen molar-refractivity contribution in [1.82, 2.24) is 0 Å². The first-order chi connectivity index (χ1) is 7.27. The van der Waals surface area contributed by atoms with E-state index in [4.69, 9.17) is 0 Å². The van der Waals surface area contributed by atoms with Crippen LogP contribution in [-0.2, 0) is 9.59 Å². The van der Waals surface area contributed by atoms with Gasteiger partial charge in [-0.3, -0.25) is 9.59 Å². The molecule has 5 aliphatic carbocycles. The van der Waals surface area contributed by atoms with Crippen molar-refractivity contribution in [1.29, 1.82) is 0 Å². The minimum absolute atomic E-state index is 0.0903. The molecule has 5 rings (SSSR count). The Bertz CT molecular complexity index is 394. The van der Waals surface area contributed by atoms with Gasteiger partial charge in [-0.1, -0.05) is 24.3 Å². The highest BCUT2D eigenvalue weighted by molar-refractivity contribution is 6.41. The molecule has 15 heavy (non-hydrogen) atoms. The molecule has 4 bridgehead atoms. The predicted octanol–water partition coefficient (Wildman–Crippen LogP) is 1.38. The molecule has 0 heterocycles. The third-order valence-electron chi connectivity index (χ3n) is 4.79. The Labute approximate surface area is 88.0 Å². The average Bonchev–Trinajstić information content (AvgIpc) is 2.85. The number of carbonyl (C=O) groups is 2. The van der Waals surface area contributed by atoms with E-state index in [0.717, 1.165) is 0 Å². The van der Waals surface area contributed by atoms with E-state index in [1.54, 1.807) is 0 Å². The van der Waals surface area contributed by atoms with Crippen LogP contribution >= 0.6 is 0 Å². The number of hydrogen-bond acceptors (Lipinski definition) is 2. The Hall–Kier alpha value is -1.18. The fraction of sp³-hybridized carbons (Fsp3) is 0.538. The molecule has 0 saturated heterocycles. The standard InChI is InChI=1S/C13H12O2/c14-12-8-3-4-9(13(12)15)11-7-2-1-6(5-7)10(8)11/h1-4,6-11H,5H2/t6-,7+,8+,9-,10?,11?. The molecule has 6 atom stereocenters. The number of ketones is 2. The molecule has 0 N–H and O–H groups in total. The van der Waals surface area contributed by atoms with E-state index >= 15 is 0 Å². The monoisotopic (exact) mass is 200 g/mol. The van der Waals surface area contributed by atoms with Gasteiger partial charge in [0.25, 0.3) is 0 Å². The summed E-state index contributed by atoms with van der Waals surface area (Å²) in [5.74, 6) is 1.60. The maximum Gasteiger partial charge on any atom is 0.206 e. The lowest BCUT2D eigenvalue weighted by Gasteiger charge is -2.43. The Morgan fingerprint density at radius 2 is 1.27 bits per heavy atom. The first-order valence-electron chi connectivity index (χ1n) is 5.72. The Balaban J connectivity index is 1.89. The van der Waals surface area contributed by atoms with E-state index in [9.17, 15) is 9.59 Å². The molecule has 0 aromatic carbocycles. The van der Waals surface area contributed by atoms with Crippen molar-refractivity contribution in [3.05, 3.63) is 24.3 Å². The Morgan fingerprint density at radius 1 is 0.800 bits per heavy atom. The van der Waals surface area contributed by atoms with Crippen molar-refractivity contribution >= 4 is 11.6 Å². The van der Waals surface area contributed by atoms with Gasteiger partial charge in [0.1, 0.15) is 0 Å². The Morgan fingerprint density at radius 3 is 1.73 bits per heavy atom. The normalized spacial score (nSPS) is 54.1. The quantitative estimate of drug-likeness (QED) is 0.437. The van der Waals surface area contributed by atoms with Gasteiger partial charge in [0.15, 0.2) is 0 Å². The van der Waals surface area contributed by atoms with Crippen LogP contribution in [-0.4, -0.2) is 11.6 Å².